The number of halogens is 1. The fourth-order valence-electron chi connectivity index (χ4n) is 1.52. The van der Waals surface area contributed by atoms with Crippen molar-refractivity contribution < 1.29 is 19.1 Å². The number of amides is 2. The van der Waals surface area contributed by atoms with Crippen molar-refractivity contribution in [2.24, 2.45) is 0 Å². The van der Waals surface area contributed by atoms with Crippen LogP contribution < -0.4 is 4.90 Å². The Labute approximate surface area is 104 Å². The van der Waals surface area contributed by atoms with Crippen molar-refractivity contribution in [2.75, 3.05) is 25.0 Å². The molecule has 2 amide bonds. The maximum absolute atomic E-state index is 13.5. The summed E-state index contributed by atoms with van der Waals surface area (Å²) < 4.78 is 13.5. The molecule has 0 aliphatic carbocycles. The number of urea groups is 1. The molecule has 0 fully saturated rings. The second-order valence-corrected chi connectivity index (χ2v) is 3.70. The molecule has 1 aromatic carbocycles. The summed E-state index contributed by atoms with van der Waals surface area (Å²) >= 11 is 0. The van der Waals surface area contributed by atoms with Crippen molar-refractivity contribution in [3.05, 3.63) is 30.1 Å². The first-order valence-corrected chi connectivity index (χ1v) is 5.46. The largest absolute Gasteiger partial charge is 0.480 e. The maximum atomic E-state index is 13.5. The lowest BCUT2D eigenvalue weighted by Crippen LogP contribution is -2.44. The zero-order valence-electron chi connectivity index (χ0n) is 10.3. The molecule has 0 radical (unpaired) electrons. The Morgan fingerprint density at radius 3 is 2.44 bits per heavy atom. The quantitative estimate of drug-likeness (QED) is 0.891. The number of carboxylic acids is 1. The smallest absolute Gasteiger partial charge is 0.324 e. The third-order valence-corrected chi connectivity index (χ3v) is 2.48. The SMILES string of the molecule is CCN(CC(=O)O)C(=O)N(C)c1ccccc1F. The molecule has 0 bridgehead atoms. The topological polar surface area (TPSA) is 60.9 Å². The van der Waals surface area contributed by atoms with E-state index in [0.29, 0.717) is 0 Å². The highest BCUT2D eigenvalue weighted by molar-refractivity contribution is 5.93. The summed E-state index contributed by atoms with van der Waals surface area (Å²) in [5, 5.41) is 8.68. The van der Waals surface area contributed by atoms with Crippen molar-refractivity contribution in [2.45, 2.75) is 6.92 Å². The molecule has 0 atom stereocenters. The standard InChI is InChI=1S/C12H15FN2O3/c1-3-15(8-11(16)17)12(18)14(2)10-7-5-4-6-9(10)13/h4-7H,3,8H2,1-2H3,(H,16,17). The van der Waals surface area contributed by atoms with Gasteiger partial charge in [-0.2, -0.15) is 0 Å². The highest BCUT2D eigenvalue weighted by Gasteiger charge is 2.21. The minimum absolute atomic E-state index is 0.117. The normalized spacial score (nSPS) is 9.94. The highest BCUT2D eigenvalue weighted by Crippen LogP contribution is 2.18. The van der Waals surface area contributed by atoms with Gasteiger partial charge in [-0.05, 0) is 19.1 Å². The number of benzene rings is 1. The van der Waals surface area contributed by atoms with Crippen LogP contribution in [0.5, 0.6) is 0 Å². The summed E-state index contributed by atoms with van der Waals surface area (Å²) in [4.78, 5) is 24.8. The molecule has 1 rings (SSSR count). The molecular weight excluding hydrogens is 239 g/mol. The van der Waals surface area contributed by atoms with Gasteiger partial charge in [0.1, 0.15) is 12.4 Å². The molecular formula is C12H15FN2O3. The van der Waals surface area contributed by atoms with E-state index in [9.17, 15) is 14.0 Å². The van der Waals surface area contributed by atoms with Crippen LogP contribution in [-0.2, 0) is 4.79 Å². The van der Waals surface area contributed by atoms with E-state index in [0.717, 1.165) is 9.80 Å². The summed E-state index contributed by atoms with van der Waals surface area (Å²) in [6.07, 6.45) is 0. The van der Waals surface area contributed by atoms with Crippen molar-refractivity contribution in [3.8, 4) is 0 Å². The van der Waals surface area contributed by atoms with Crippen LogP contribution in [0.3, 0.4) is 0 Å². The van der Waals surface area contributed by atoms with E-state index in [-0.39, 0.29) is 12.2 Å². The van der Waals surface area contributed by atoms with Crippen molar-refractivity contribution >= 4 is 17.7 Å². The second kappa shape index (κ2) is 6.00. The van der Waals surface area contributed by atoms with Gasteiger partial charge in [-0.15, -0.1) is 0 Å². The Balaban J connectivity index is 2.89. The average molecular weight is 254 g/mol. The Kier molecular flexibility index (Phi) is 4.65. The van der Waals surface area contributed by atoms with Gasteiger partial charge in [0.15, 0.2) is 0 Å². The number of anilines is 1. The first kappa shape index (κ1) is 14.0. The molecule has 1 N–H and O–H groups in total. The molecule has 0 saturated carbocycles. The van der Waals surface area contributed by atoms with Crippen LogP contribution in [0.4, 0.5) is 14.9 Å². The molecule has 98 valence electrons. The van der Waals surface area contributed by atoms with Crippen molar-refractivity contribution in [1.29, 1.82) is 0 Å². The summed E-state index contributed by atoms with van der Waals surface area (Å²) in [6, 6.07) is 5.28. The highest BCUT2D eigenvalue weighted by atomic mass is 19.1. The first-order valence-electron chi connectivity index (χ1n) is 5.46. The second-order valence-electron chi connectivity index (χ2n) is 3.70. The summed E-state index contributed by atoms with van der Waals surface area (Å²) in [5.74, 6) is -1.63. The van der Waals surface area contributed by atoms with E-state index >= 15 is 0 Å². The van der Waals surface area contributed by atoms with Crippen molar-refractivity contribution in [1.82, 2.24) is 4.90 Å². The van der Waals surface area contributed by atoms with E-state index in [4.69, 9.17) is 5.11 Å². The molecule has 0 heterocycles. The lowest BCUT2D eigenvalue weighted by molar-refractivity contribution is -0.137. The fraction of sp³-hybridized carbons (Fsp3) is 0.333. The molecule has 0 aliphatic heterocycles. The molecule has 0 saturated heterocycles. The number of rotatable bonds is 4. The van der Waals surface area contributed by atoms with Crippen LogP contribution in [0.2, 0.25) is 0 Å². The minimum atomic E-state index is -1.10. The summed E-state index contributed by atoms with van der Waals surface area (Å²) in [6.45, 7) is 1.49. The van der Waals surface area contributed by atoms with E-state index in [1.54, 1.807) is 13.0 Å². The minimum Gasteiger partial charge on any atom is -0.480 e. The lowest BCUT2D eigenvalue weighted by Gasteiger charge is -2.26. The third kappa shape index (κ3) is 3.19. The predicted molar refractivity (Wildman–Crippen MR) is 65.1 cm³/mol. The van der Waals surface area contributed by atoms with Gasteiger partial charge in [0.25, 0.3) is 0 Å². The maximum Gasteiger partial charge on any atom is 0.324 e. The van der Waals surface area contributed by atoms with Crippen LogP contribution in [0, 0.1) is 5.82 Å². The van der Waals surface area contributed by atoms with Gasteiger partial charge < -0.3 is 10.0 Å². The van der Waals surface area contributed by atoms with Crippen LogP contribution in [0.15, 0.2) is 24.3 Å². The van der Waals surface area contributed by atoms with E-state index in [2.05, 4.69) is 0 Å². The Bertz CT molecular complexity index is 451. The van der Waals surface area contributed by atoms with E-state index < -0.39 is 24.4 Å². The summed E-state index contributed by atoms with van der Waals surface area (Å²) in [7, 11) is 1.41. The number of hydrogen-bond acceptors (Lipinski definition) is 2. The van der Waals surface area contributed by atoms with Gasteiger partial charge in [0, 0.05) is 13.6 Å². The third-order valence-electron chi connectivity index (χ3n) is 2.48. The molecule has 0 spiro atoms. The summed E-state index contributed by atoms with van der Waals surface area (Å²) in [5.41, 5.74) is 0.117. The number of nitrogens with zero attached hydrogens (tertiary/aromatic N) is 2. The fourth-order valence-corrected chi connectivity index (χ4v) is 1.52. The number of carboxylic acid groups (broad SMARTS) is 1. The Morgan fingerprint density at radius 2 is 1.94 bits per heavy atom. The number of hydrogen-bond donors (Lipinski definition) is 1. The van der Waals surface area contributed by atoms with E-state index in [1.807, 2.05) is 0 Å². The Morgan fingerprint density at radius 1 is 1.33 bits per heavy atom. The van der Waals surface area contributed by atoms with Crippen LogP contribution in [0.25, 0.3) is 0 Å². The molecule has 5 nitrogen and oxygen atoms in total. The molecule has 0 unspecified atom stereocenters. The molecule has 0 aromatic heterocycles. The monoisotopic (exact) mass is 254 g/mol. The molecule has 18 heavy (non-hydrogen) atoms. The zero-order chi connectivity index (χ0) is 13.7. The van der Waals surface area contributed by atoms with Gasteiger partial charge >= 0.3 is 12.0 Å². The number of carbonyl (C=O) groups excluding carboxylic acids is 1. The average Bonchev–Trinajstić information content (AvgIpc) is 2.34. The number of aliphatic carboxylic acids is 1. The molecule has 6 heteroatoms. The van der Waals surface area contributed by atoms with Gasteiger partial charge in [-0.25, -0.2) is 9.18 Å². The lowest BCUT2D eigenvalue weighted by atomic mass is 10.3. The van der Waals surface area contributed by atoms with Gasteiger partial charge in [-0.1, -0.05) is 12.1 Å². The number of carbonyl (C=O) groups is 2. The van der Waals surface area contributed by atoms with Gasteiger partial charge in [0.2, 0.25) is 0 Å². The van der Waals surface area contributed by atoms with Crippen LogP contribution in [-0.4, -0.2) is 42.1 Å². The van der Waals surface area contributed by atoms with E-state index in [1.165, 1.54) is 25.2 Å². The Hall–Kier alpha value is -2.11. The van der Waals surface area contributed by atoms with Crippen LogP contribution >= 0.6 is 0 Å². The van der Waals surface area contributed by atoms with Gasteiger partial charge in [-0.3, -0.25) is 9.69 Å². The number of likely N-dealkylation sites (N-methyl/N-ethyl adjacent to an activating group) is 1. The zero-order valence-corrected chi connectivity index (χ0v) is 10.3. The van der Waals surface area contributed by atoms with Crippen molar-refractivity contribution in [3.63, 3.8) is 0 Å². The predicted octanol–water partition coefficient (Wildman–Crippen LogP) is 1.79. The molecule has 1 aromatic rings. The number of para-hydroxylation sites is 1. The first-order chi connectivity index (χ1) is 8.47. The van der Waals surface area contributed by atoms with Gasteiger partial charge in [0.05, 0.1) is 5.69 Å². The van der Waals surface area contributed by atoms with Crippen LogP contribution in [0.1, 0.15) is 6.92 Å². The molecule has 0 aliphatic rings.